The molecular weight excluding hydrogens is 340 g/mol. The second-order valence-corrected chi connectivity index (χ2v) is 9.27. The average molecular weight is 368 g/mol. The first-order chi connectivity index (χ1) is 11.7. The number of carbonyl (C=O) groups is 1. The van der Waals surface area contributed by atoms with Crippen molar-refractivity contribution >= 4 is 15.7 Å². The molecule has 1 fully saturated rings. The molecule has 0 aromatic heterocycles. The highest BCUT2D eigenvalue weighted by molar-refractivity contribution is 7.92. The van der Waals surface area contributed by atoms with E-state index in [1.807, 2.05) is 45.0 Å². The Bertz CT molecular complexity index is 692. The van der Waals surface area contributed by atoms with Crippen molar-refractivity contribution in [3.05, 3.63) is 29.8 Å². The molecule has 1 amide bonds. The number of amides is 1. The monoisotopic (exact) mass is 368 g/mol. The predicted molar refractivity (Wildman–Crippen MR) is 98.4 cm³/mol. The van der Waals surface area contributed by atoms with E-state index in [1.165, 1.54) is 0 Å². The minimum Gasteiger partial charge on any atom is -0.491 e. The van der Waals surface area contributed by atoms with Crippen molar-refractivity contribution in [1.82, 2.24) is 10.6 Å². The number of nitrogens with one attached hydrogen (secondary N) is 2. The Kier molecular flexibility index (Phi) is 6.11. The summed E-state index contributed by atoms with van der Waals surface area (Å²) >= 11 is 0. The molecule has 1 aromatic rings. The van der Waals surface area contributed by atoms with Crippen LogP contribution < -0.4 is 15.4 Å². The third-order valence-corrected chi connectivity index (χ3v) is 6.65. The largest absolute Gasteiger partial charge is 0.491 e. The SMILES string of the molecule is CC(C)Oc1ccc(C(C)NC(=O)C2(S(C)(=O)=O)CCNCC2)cc1. The highest BCUT2D eigenvalue weighted by Crippen LogP contribution is 2.29. The van der Waals surface area contributed by atoms with E-state index in [2.05, 4.69) is 10.6 Å². The van der Waals surface area contributed by atoms with Crippen LogP contribution in [0.25, 0.3) is 0 Å². The highest BCUT2D eigenvalue weighted by atomic mass is 32.2. The van der Waals surface area contributed by atoms with Crippen molar-refractivity contribution in [2.24, 2.45) is 0 Å². The van der Waals surface area contributed by atoms with Crippen LogP contribution in [0, 0.1) is 0 Å². The van der Waals surface area contributed by atoms with Crippen molar-refractivity contribution in [3.8, 4) is 5.75 Å². The summed E-state index contributed by atoms with van der Waals surface area (Å²) in [7, 11) is -3.51. The molecule has 6 nitrogen and oxygen atoms in total. The minimum atomic E-state index is -3.51. The fraction of sp³-hybridized carbons (Fsp3) is 0.611. The predicted octanol–water partition coefficient (Wildman–Crippen LogP) is 1.82. The zero-order valence-electron chi connectivity index (χ0n) is 15.3. The number of rotatable bonds is 6. The van der Waals surface area contributed by atoms with Crippen LogP contribution in [0.2, 0.25) is 0 Å². The maximum Gasteiger partial charge on any atom is 0.242 e. The van der Waals surface area contributed by atoms with Gasteiger partial charge in [-0.05, 0) is 64.4 Å². The van der Waals surface area contributed by atoms with Crippen molar-refractivity contribution in [2.75, 3.05) is 19.3 Å². The van der Waals surface area contributed by atoms with Gasteiger partial charge in [-0.2, -0.15) is 0 Å². The van der Waals surface area contributed by atoms with Gasteiger partial charge in [0.05, 0.1) is 12.1 Å². The number of carbonyl (C=O) groups excluding carboxylic acids is 1. The van der Waals surface area contributed by atoms with Gasteiger partial charge < -0.3 is 15.4 Å². The van der Waals surface area contributed by atoms with E-state index < -0.39 is 20.5 Å². The lowest BCUT2D eigenvalue weighted by Crippen LogP contribution is -2.57. The van der Waals surface area contributed by atoms with E-state index in [9.17, 15) is 13.2 Å². The van der Waals surface area contributed by atoms with Crippen molar-refractivity contribution in [3.63, 3.8) is 0 Å². The van der Waals surface area contributed by atoms with Gasteiger partial charge in [0.2, 0.25) is 5.91 Å². The molecule has 2 N–H and O–H groups in total. The van der Waals surface area contributed by atoms with Gasteiger partial charge in [0.15, 0.2) is 14.6 Å². The molecule has 7 heteroatoms. The van der Waals surface area contributed by atoms with E-state index in [0.717, 1.165) is 17.6 Å². The van der Waals surface area contributed by atoms with E-state index >= 15 is 0 Å². The third-order valence-electron chi connectivity index (χ3n) is 4.63. The fourth-order valence-electron chi connectivity index (χ4n) is 3.12. The van der Waals surface area contributed by atoms with Gasteiger partial charge in [-0.1, -0.05) is 12.1 Å². The van der Waals surface area contributed by atoms with Crippen molar-refractivity contribution < 1.29 is 17.9 Å². The molecule has 1 saturated heterocycles. The van der Waals surface area contributed by atoms with Crippen LogP contribution in [0.5, 0.6) is 5.75 Å². The molecule has 1 aromatic carbocycles. The first-order valence-electron chi connectivity index (χ1n) is 8.63. The van der Waals surface area contributed by atoms with Crippen LogP contribution in [0.15, 0.2) is 24.3 Å². The number of hydrogen-bond donors (Lipinski definition) is 2. The van der Waals surface area contributed by atoms with Crippen LogP contribution in [0.3, 0.4) is 0 Å². The number of benzene rings is 1. The van der Waals surface area contributed by atoms with Gasteiger partial charge in [-0.15, -0.1) is 0 Å². The smallest absolute Gasteiger partial charge is 0.242 e. The molecule has 25 heavy (non-hydrogen) atoms. The molecule has 0 spiro atoms. The molecule has 1 aliphatic heterocycles. The minimum absolute atomic E-state index is 0.0949. The summed E-state index contributed by atoms with van der Waals surface area (Å²) in [5.41, 5.74) is 0.905. The molecule has 1 aliphatic rings. The molecule has 1 heterocycles. The first kappa shape index (κ1) is 19.7. The molecule has 0 bridgehead atoms. The molecule has 0 aliphatic carbocycles. The Hall–Kier alpha value is -1.60. The van der Waals surface area contributed by atoms with Crippen LogP contribution >= 0.6 is 0 Å². The average Bonchev–Trinajstić information content (AvgIpc) is 2.54. The quantitative estimate of drug-likeness (QED) is 0.800. The van der Waals surface area contributed by atoms with Crippen molar-refractivity contribution in [2.45, 2.75) is 50.5 Å². The Labute approximate surface area is 150 Å². The Morgan fingerprint density at radius 3 is 2.20 bits per heavy atom. The van der Waals surface area contributed by atoms with E-state index in [0.29, 0.717) is 25.9 Å². The Balaban J connectivity index is 2.12. The van der Waals surface area contributed by atoms with Crippen LogP contribution in [0.1, 0.15) is 45.2 Å². The molecule has 1 unspecified atom stereocenters. The maximum atomic E-state index is 12.8. The van der Waals surface area contributed by atoms with Gasteiger partial charge in [0.25, 0.3) is 0 Å². The Morgan fingerprint density at radius 2 is 1.72 bits per heavy atom. The van der Waals surface area contributed by atoms with E-state index in [1.54, 1.807) is 0 Å². The summed E-state index contributed by atoms with van der Waals surface area (Å²) in [5.74, 6) is 0.356. The number of hydrogen-bond acceptors (Lipinski definition) is 5. The van der Waals surface area contributed by atoms with Gasteiger partial charge in [-0.25, -0.2) is 8.42 Å². The highest BCUT2D eigenvalue weighted by Gasteiger charge is 2.48. The Morgan fingerprint density at radius 1 is 1.16 bits per heavy atom. The third kappa shape index (κ3) is 4.52. The van der Waals surface area contributed by atoms with Gasteiger partial charge in [0.1, 0.15) is 5.75 Å². The lowest BCUT2D eigenvalue weighted by Gasteiger charge is -2.35. The lowest BCUT2D eigenvalue weighted by atomic mass is 9.95. The van der Waals surface area contributed by atoms with Gasteiger partial charge in [-0.3, -0.25) is 4.79 Å². The topological polar surface area (TPSA) is 84.5 Å². The molecule has 0 radical (unpaired) electrons. The summed E-state index contributed by atoms with van der Waals surface area (Å²) < 4.78 is 28.9. The zero-order chi connectivity index (χ0) is 18.7. The van der Waals surface area contributed by atoms with Crippen molar-refractivity contribution in [1.29, 1.82) is 0 Å². The fourth-order valence-corrected chi connectivity index (χ4v) is 4.46. The normalized spacial score (nSPS) is 18.6. The summed E-state index contributed by atoms with van der Waals surface area (Å²) in [5, 5.41) is 6.00. The second kappa shape index (κ2) is 7.74. The molecule has 2 rings (SSSR count). The molecule has 140 valence electrons. The maximum absolute atomic E-state index is 12.8. The van der Waals surface area contributed by atoms with Crippen LogP contribution in [-0.4, -0.2) is 44.5 Å². The standard InChI is InChI=1S/C18H28N2O4S/c1-13(2)24-16-7-5-15(6-8-16)14(3)20-17(21)18(25(4,22)23)9-11-19-12-10-18/h5-8,13-14,19H,9-12H2,1-4H3,(H,20,21). The molecule has 1 atom stereocenters. The first-order valence-corrected chi connectivity index (χ1v) is 10.5. The molecular formula is C18H28N2O4S. The summed E-state index contributed by atoms with van der Waals surface area (Å²) in [6, 6.07) is 7.20. The number of piperidine rings is 1. The molecule has 0 saturated carbocycles. The van der Waals surface area contributed by atoms with E-state index in [4.69, 9.17) is 4.74 Å². The summed E-state index contributed by atoms with van der Waals surface area (Å²) in [6.45, 7) is 6.82. The van der Waals surface area contributed by atoms with Crippen LogP contribution in [0.4, 0.5) is 0 Å². The van der Waals surface area contributed by atoms with Crippen LogP contribution in [-0.2, 0) is 14.6 Å². The van der Waals surface area contributed by atoms with E-state index in [-0.39, 0.29) is 12.1 Å². The second-order valence-electron chi connectivity index (χ2n) is 6.95. The lowest BCUT2D eigenvalue weighted by molar-refractivity contribution is -0.125. The summed E-state index contributed by atoms with van der Waals surface area (Å²) in [4.78, 5) is 12.8. The zero-order valence-corrected chi connectivity index (χ0v) is 16.2. The number of ether oxygens (including phenoxy) is 1. The van der Waals surface area contributed by atoms with Gasteiger partial charge in [0, 0.05) is 6.26 Å². The summed E-state index contributed by atoms with van der Waals surface area (Å²) in [6.07, 6.45) is 1.84. The number of sulfone groups is 1. The van der Waals surface area contributed by atoms with Gasteiger partial charge >= 0.3 is 0 Å².